The molecule has 0 unspecified atom stereocenters. The molecule has 3 nitrogen and oxygen atoms in total. The molecule has 100 valence electrons. The van der Waals surface area contributed by atoms with Gasteiger partial charge in [0, 0.05) is 11.1 Å². The normalized spacial score (nSPS) is 10.9. The van der Waals surface area contributed by atoms with E-state index in [1.54, 1.807) is 6.07 Å². The summed E-state index contributed by atoms with van der Waals surface area (Å²) in [5.41, 5.74) is 3.07. The third-order valence-electron chi connectivity index (χ3n) is 3.26. The molecular formula is C16H18O3. The van der Waals surface area contributed by atoms with Crippen LogP contribution in [0.4, 0.5) is 0 Å². The SMILES string of the molecule is Cc1ccc(-c2cc(C(C)C)c(O)c(O)c2O)cc1. The molecule has 0 saturated carbocycles. The van der Waals surface area contributed by atoms with Crippen molar-refractivity contribution in [2.24, 2.45) is 0 Å². The first-order valence-electron chi connectivity index (χ1n) is 6.26. The summed E-state index contributed by atoms with van der Waals surface area (Å²) in [5.74, 6) is -0.938. The van der Waals surface area contributed by atoms with Crippen LogP contribution in [0.15, 0.2) is 30.3 Å². The van der Waals surface area contributed by atoms with Crippen LogP contribution in [0.5, 0.6) is 17.2 Å². The quantitative estimate of drug-likeness (QED) is 0.716. The zero-order valence-corrected chi connectivity index (χ0v) is 11.3. The first kappa shape index (κ1) is 13.3. The van der Waals surface area contributed by atoms with Crippen LogP contribution in [0.2, 0.25) is 0 Å². The van der Waals surface area contributed by atoms with Gasteiger partial charge in [-0.1, -0.05) is 43.7 Å². The maximum Gasteiger partial charge on any atom is 0.201 e. The third kappa shape index (κ3) is 2.36. The van der Waals surface area contributed by atoms with Gasteiger partial charge in [0.05, 0.1) is 0 Å². The molecule has 2 aromatic carbocycles. The van der Waals surface area contributed by atoms with Crippen molar-refractivity contribution in [2.75, 3.05) is 0 Å². The van der Waals surface area contributed by atoms with Crippen molar-refractivity contribution in [1.82, 2.24) is 0 Å². The second-order valence-corrected chi connectivity index (χ2v) is 5.08. The lowest BCUT2D eigenvalue weighted by Crippen LogP contribution is -1.91. The summed E-state index contributed by atoms with van der Waals surface area (Å²) in [6.07, 6.45) is 0. The Bertz CT molecular complexity index is 598. The zero-order valence-electron chi connectivity index (χ0n) is 11.3. The molecule has 0 saturated heterocycles. The van der Waals surface area contributed by atoms with Gasteiger partial charge in [-0.25, -0.2) is 0 Å². The molecule has 0 heterocycles. The summed E-state index contributed by atoms with van der Waals surface area (Å²) in [6, 6.07) is 9.36. The maximum atomic E-state index is 10.00. The number of hydrogen-bond acceptors (Lipinski definition) is 3. The third-order valence-corrected chi connectivity index (χ3v) is 3.26. The van der Waals surface area contributed by atoms with Crippen LogP contribution in [0.1, 0.15) is 30.9 Å². The molecule has 0 spiro atoms. The van der Waals surface area contributed by atoms with E-state index in [1.807, 2.05) is 45.0 Å². The summed E-state index contributed by atoms with van der Waals surface area (Å²) in [4.78, 5) is 0. The molecule has 3 heteroatoms. The summed E-state index contributed by atoms with van der Waals surface area (Å²) in [5, 5.41) is 29.7. The van der Waals surface area contributed by atoms with Crippen molar-refractivity contribution < 1.29 is 15.3 Å². The molecule has 0 radical (unpaired) electrons. The van der Waals surface area contributed by atoms with Crippen LogP contribution < -0.4 is 0 Å². The van der Waals surface area contributed by atoms with Crippen LogP contribution in [0.3, 0.4) is 0 Å². The largest absolute Gasteiger partial charge is 0.504 e. The standard InChI is InChI=1S/C16H18O3/c1-9(2)12-8-13(15(18)16(19)14(12)17)11-6-4-10(3)5-7-11/h4-9,17-19H,1-3H3. The number of rotatable bonds is 2. The van der Waals surface area contributed by atoms with Gasteiger partial charge in [-0.05, 0) is 24.5 Å². The highest BCUT2D eigenvalue weighted by atomic mass is 16.3. The molecule has 0 aliphatic heterocycles. The first-order valence-corrected chi connectivity index (χ1v) is 6.26. The summed E-state index contributed by atoms with van der Waals surface area (Å²) in [7, 11) is 0. The van der Waals surface area contributed by atoms with Gasteiger partial charge < -0.3 is 15.3 Å². The number of phenols is 3. The van der Waals surface area contributed by atoms with E-state index in [2.05, 4.69) is 0 Å². The van der Waals surface area contributed by atoms with Gasteiger partial charge in [-0.2, -0.15) is 0 Å². The Balaban J connectivity index is 2.66. The van der Waals surface area contributed by atoms with E-state index in [0.29, 0.717) is 11.1 Å². The number of phenolic OH excluding ortho intramolecular Hbond substituents is 3. The van der Waals surface area contributed by atoms with E-state index in [4.69, 9.17) is 0 Å². The van der Waals surface area contributed by atoms with Crippen molar-refractivity contribution in [3.05, 3.63) is 41.5 Å². The lowest BCUT2D eigenvalue weighted by Gasteiger charge is -2.15. The minimum Gasteiger partial charge on any atom is -0.504 e. The second kappa shape index (κ2) is 4.84. The summed E-state index contributed by atoms with van der Waals surface area (Å²) in [6.45, 7) is 5.83. The topological polar surface area (TPSA) is 60.7 Å². The minimum absolute atomic E-state index is 0.0516. The van der Waals surface area contributed by atoms with Gasteiger partial charge in [-0.15, -0.1) is 0 Å². The second-order valence-electron chi connectivity index (χ2n) is 5.08. The Labute approximate surface area is 112 Å². The fourth-order valence-corrected chi connectivity index (χ4v) is 2.06. The molecule has 3 N–H and O–H groups in total. The Morgan fingerprint density at radius 2 is 1.42 bits per heavy atom. The van der Waals surface area contributed by atoms with Crippen LogP contribution >= 0.6 is 0 Å². The van der Waals surface area contributed by atoms with E-state index in [1.165, 1.54) is 0 Å². The predicted molar refractivity (Wildman–Crippen MR) is 75.7 cm³/mol. The van der Waals surface area contributed by atoms with Gasteiger partial charge in [0.25, 0.3) is 0 Å². The van der Waals surface area contributed by atoms with E-state index in [-0.39, 0.29) is 17.4 Å². The highest BCUT2D eigenvalue weighted by Crippen LogP contribution is 2.46. The minimum atomic E-state index is -0.457. The van der Waals surface area contributed by atoms with Gasteiger partial charge in [0.15, 0.2) is 11.5 Å². The predicted octanol–water partition coefficient (Wildman–Crippen LogP) is 3.90. The fraction of sp³-hybridized carbons (Fsp3) is 0.250. The fourth-order valence-electron chi connectivity index (χ4n) is 2.06. The Kier molecular flexibility index (Phi) is 3.38. The number of aryl methyl sites for hydroxylation is 1. The zero-order chi connectivity index (χ0) is 14.2. The van der Waals surface area contributed by atoms with Crippen molar-refractivity contribution in [1.29, 1.82) is 0 Å². The molecule has 0 aliphatic carbocycles. The van der Waals surface area contributed by atoms with Crippen molar-refractivity contribution in [2.45, 2.75) is 26.7 Å². The van der Waals surface area contributed by atoms with E-state index < -0.39 is 5.75 Å². The lowest BCUT2D eigenvalue weighted by molar-refractivity contribution is 0.365. The van der Waals surface area contributed by atoms with Gasteiger partial charge >= 0.3 is 0 Å². The molecule has 19 heavy (non-hydrogen) atoms. The number of aromatic hydroxyl groups is 3. The van der Waals surface area contributed by atoms with Crippen LogP contribution in [0, 0.1) is 6.92 Å². The molecule has 0 amide bonds. The maximum absolute atomic E-state index is 10.00. The molecule has 2 rings (SSSR count). The van der Waals surface area contributed by atoms with Gasteiger partial charge in [0.2, 0.25) is 5.75 Å². The van der Waals surface area contributed by atoms with Crippen molar-refractivity contribution in [3.8, 4) is 28.4 Å². The first-order chi connectivity index (χ1) is 8.91. The van der Waals surface area contributed by atoms with Crippen LogP contribution in [-0.2, 0) is 0 Å². The average molecular weight is 258 g/mol. The number of hydrogen-bond donors (Lipinski definition) is 3. The average Bonchev–Trinajstić information content (AvgIpc) is 2.37. The Hall–Kier alpha value is -2.16. The highest BCUT2D eigenvalue weighted by Gasteiger charge is 2.19. The molecule has 0 aromatic heterocycles. The molecule has 0 aliphatic rings. The van der Waals surface area contributed by atoms with E-state index >= 15 is 0 Å². The molecule has 0 fully saturated rings. The Morgan fingerprint density at radius 1 is 0.842 bits per heavy atom. The van der Waals surface area contributed by atoms with Crippen LogP contribution in [0.25, 0.3) is 11.1 Å². The monoisotopic (exact) mass is 258 g/mol. The smallest absolute Gasteiger partial charge is 0.201 e. The van der Waals surface area contributed by atoms with Gasteiger partial charge in [-0.3, -0.25) is 0 Å². The molecule has 2 aromatic rings. The molecular weight excluding hydrogens is 240 g/mol. The molecule has 0 atom stereocenters. The summed E-state index contributed by atoms with van der Waals surface area (Å²) >= 11 is 0. The van der Waals surface area contributed by atoms with Crippen molar-refractivity contribution >= 4 is 0 Å². The van der Waals surface area contributed by atoms with E-state index in [9.17, 15) is 15.3 Å². The number of benzene rings is 2. The lowest BCUT2D eigenvalue weighted by atomic mass is 9.94. The van der Waals surface area contributed by atoms with E-state index in [0.717, 1.165) is 11.1 Å². The van der Waals surface area contributed by atoms with Gasteiger partial charge in [0.1, 0.15) is 0 Å². The molecule has 0 bridgehead atoms. The summed E-state index contributed by atoms with van der Waals surface area (Å²) < 4.78 is 0. The van der Waals surface area contributed by atoms with Crippen molar-refractivity contribution in [3.63, 3.8) is 0 Å². The van der Waals surface area contributed by atoms with Crippen LogP contribution in [-0.4, -0.2) is 15.3 Å². The Morgan fingerprint density at radius 3 is 1.95 bits per heavy atom. The highest BCUT2D eigenvalue weighted by molar-refractivity contribution is 5.77.